The number of nitrogens with zero attached hydrogens (tertiary/aromatic N) is 1. The topological polar surface area (TPSA) is 40.5 Å². The second-order valence-corrected chi connectivity index (χ2v) is 4.38. The molecule has 2 rings (SSSR count). The molecule has 1 fully saturated rings. The van der Waals surface area contributed by atoms with E-state index < -0.39 is 18.2 Å². The van der Waals surface area contributed by atoms with Gasteiger partial charge >= 0.3 is 5.97 Å². The first kappa shape index (κ1) is 12.0. The number of carbonyl (C=O) groups is 1. The van der Waals surface area contributed by atoms with Crippen molar-refractivity contribution in [2.75, 3.05) is 13.1 Å². The fourth-order valence-corrected chi connectivity index (χ4v) is 2.32. The van der Waals surface area contributed by atoms with Crippen molar-refractivity contribution in [1.29, 1.82) is 0 Å². The predicted molar refractivity (Wildman–Crippen MR) is 63.5 cm³/mol. The summed E-state index contributed by atoms with van der Waals surface area (Å²) in [5, 5.41) is 9.31. The summed E-state index contributed by atoms with van der Waals surface area (Å²) in [5.74, 6) is -0.894. The largest absolute Gasteiger partial charge is 0.480 e. The normalized spacial score (nSPS) is 26.6. The monoisotopic (exact) mass is 237 g/mol. The summed E-state index contributed by atoms with van der Waals surface area (Å²) in [5.41, 5.74) is 0.816. The summed E-state index contributed by atoms with van der Waals surface area (Å²) in [6, 6.07) is -0.692. The van der Waals surface area contributed by atoms with E-state index in [-0.39, 0.29) is 6.54 Å². The van der Waals surface area contributed by atoms with E-state index in [1.165, 1.54) is 0 Å². The first-order valence-corrected chi connectivity index (χ1v) is 5.81. The molecule has 1 unspecified atom stereocenters. The van der Waals surface area contributed by atoms with E-state index in [1.54, 1.807) is 4.90 Å². The highest BCUT2D eigenvalue weighted by Crippen LogP contribution is 2.23. The molecule has 0 spiro atoms. The zero-order valence-electron chi connectivity index (χ0n) is 9.55. The van der Waals surface area contributed by atoms with Crippen LogP contribution in [-0.2, 0) is 4.79 Å². The third kappa shape index (κ3) is 2.82. The average molecular weight is 237 g/mol. The van der Waals surface area contributed by atoms with Crippen LogP contribution in [0.1, 0.15) is 12.8 Å². The molecule has 0 aromatic heterocycles. The summed E-state index contributed by atoms with van der Waals surface area (Å²) in [6.45, 7) is 0.741. The molecule has 0 aromatic rings. The fourth-order valence-electron chi connectivity index (χ4n) is 2.32. The van der Waals surface area contributed by atoms with E-state index in [1.807, 2.05) is 30.4 Å². The Labute approximate surface area is 99.9 Å². The molecule has 2 atom stereocenters. The quantitative estimate of drug-likeness (QED) is 0.815. The van der Waals surface area contributed by atoms with Crippen molar-refractivity contribution >= 4 is 5.97 Å². The molecule has 1 saturated heterocycles. The average Bonchev–Trinajstić information content (AvgIpc) is 2.53. The summed E-state index contributed by atoms with van der Waals surface area (Å²) < 4.78 is 13.2. The van der Waals surface area contributed by atoms with Gasteiger partial charge < -0.3 is 5.11 Å². The zero-order valence-corrected chi connectivity index (χ0v) is 9.55. The molecule has 0 aromatic carbocycles. The van der Waals surface area contributed by atoms with Gasteiger partial charge in [0.25, 0.3) is 0 Å². The van der Waals surface area contributed by atoms with Gasteiger partial charge in [-0.15, -0.1) is 0 Å². The third-order valence-electron chi connectivity index (χ3n) is 3.13. The molecule has 0 radical (unpaired) electrons. The molecule has 92 valence electrons. The Kier molecular flexibility index (Phi) is 3.74. The van der Waals surface area contributed by atoms with Crippen molar-refractivity contribution < 1.29 is 14.3 Å². The zero-order chi connectivity index (χ0) is 12.3. The van der Waals surface area contributed by atoms with Crippen LogP contribution in [0.25, 0.3) is 0 Å². The van der Waals surface area contributed by atoms with E-state index in [4.69, 9.17) is 0 Å². The molecule has 1 aliphatic carbocycles. The second kappa shape index (κ2) is 5.27. The number of alkyl halides is 1. The predicted octanol–water partition coefficient (Wildman–Crippen LogP) is 1.93. The summed E-state index contributed by atoms with van der Waals surface area (Å²) in [4.78, 5) is 13.1. The van der Waals surface area contributed by atoms with Gasteiger partial charge in [0, 0.05) is 13.1 Å². The fraction of sp³-hybridized carbons (Fsp3) is 0.462. The Morgan fingerprint density at radius 1 is 1.47 bits per heavy atom. The molecule has 3 nitrogen and oxygen atoms in total. The molecule has 17 heavy (non-hydrogen) atoms. The van der Waals surface area contributed by atoms with E-state index in [0.717, 1.165) is 5.57 Å². The van der Waals surface area contributed by atoms with Crippen molar-refractivity contribution in [3.63, 3.8) is 0 Å². The molecule has 0 bridgehead atoms. The van der Waals surface area contributed by atoms with Gasteiger partial charge in [-0.2, -0.15) is 0 Å². The van der Waals surface area contributed by atoms with Crippen LogP contribution < -0.4 is 0 Å². The lowest BCUT2D eigenvalue weighted by molar-refractivity contribution is -0.141. The SMILES string of the molecule is O=C(O)C(C1=CC=CC=CC1)N1CC[C@H](F)C1. The smallest absolute Gasteiger partial charge is 0.325 e. The van der Waals surface area contributed by atoms with Crippen molar-refractivity contribution in [1.82, 2.24) is 4.90 Å². The second-order valence-electron chi connectivity index (χ2n) is 4.38. The number of hydrogen-bond donors (Lipinski definition) is 1. The van der Waals surface area contributed by atoms with E-state index in [9.17, 15) is 14.3 Å². The number of likely N-dealkylation sites (tertiary alicyclic amines) is 1. The van der Waals surface area contributed by atoms with Crippen molar-refractivity contribution in [2.24, 2.45) is 0 Å². The maximum Gasteiger partial charge on any atom is 0.325 e. The Morgan fingerprint density at radius 3 is 2.94 bits per heavy atom. The van der Waals surface area contributed by atoms with Gasteiger partial charge in [0.2, 0.25) is 0 Å². The molecule has 4 heteroatoms. The van der Waals surface area contributed by atoms with Crippen LogP contribution in [0.2, 0.25) is 0 Å². The Balaban J connectivity index is 2.17. The third-order valence-corrected chi connectivity index (χ3v) is 3.13. The molecule has 0 amide bonds. The van der Waals surface area contributed by atoms with Gasteiger partial charge in [0.15, 0.2) is 0 Å². The van der Waals surface area contributed by atoms with Gasteiger partial charge in [-0.05, 0) is 18.4 Å². The van der Waals surface area contributed by atoms with Gasteiger partial charge in [-0.3, -0.25) is 9.69 Å². The van der Waals surface area contributed by atoms with Crippen molar-refractivity contribution in [3.05, 3.63) is 36.0 Å². The van der Waals surface area contributed by atoms with E-state index in [0.29, 0.717) is 19.4 Å². The Bertz CT molecular complexity index is 387. The van der Waals surface area contributed by atoms with Crippen LogP contribution in [0.4, 0.5) is 4.39 Å². The Hall–Kier alpha value is -1.42. The maximum absolute atomic E-state index is 13.2. The Morgan fingerprint density at radius 2 is 2.29 bits per heavy atom. The number of carboxylic acid groups (broad SMARTS) is 1. The van der Waals surface area contributed by atoms with E-state index in [2.05, 4.69) is 0 Å². The van der Waals surface area contributed by atoms with Crippen LogP contribution in [0, 0.1) is 0 Å². The summed E-state index contributed by atoms with van der Waals surface area (Å²) in [7, 11) is 0. The van der Waals surface area contributed by atoms with E-state index >= 15 is 0 Å². The van der Waals surface area contributed by atoms with Gasteiger partial charge in [-0.25, -0.2) is 4.39 Å². The minimum absolute atomic E-state index is 0.224. The first-order valence-electron chi connectivity index (χ1n) is 5.81. The number of halogens is 1. The molecule has 1 N–H and O–H groups in total. The van der Waals surface area contributed by atoms with Crippen LogP contribution in [-0.4, -0.2) is 41.3 Å². The first-order chi connectivity index (χ1) is 8.18. The highest BCUT2D eigenvalue weighted by atomic mass is 19.1. The highest BCUT2D eigenvalue weighted by molar-refractivity contribution is 5.78. The number of aliphatic carboxylic acids is 1. The molecule has 2 aliphatic rings. The summed E-state index contributed by atoms with van der Waals surface area (Å²) in [6.07, 6.45) is 9.49. The minimum Gasteiger partial charge on any atom is -0.480 e. The van der Waals surface area contributed by atoms with Gasteiger partial charge in [-0.1, -0.05) is 30.4 Å². The lowest BCUT2D eigenvalue weighted by Crippen LogP contribution is -2.41. The van der Waals surface area contributed by atoms with Crippen LogP contribution >= 0.6 is 0 Å². The van der Waals surface area contributed by atoms with Crippen LogP contribution in [0.15, 0.2) is 36.0 Å². The standard InChI is InChI=1S/C13H16FNO2/c14-11-7-8-15(9-11)12(13(16)17)10-5-3-1-2-4-6-10/h1-5,11-12H,6-9H2,(H,16,17)/t11-,12?/m0/s1. The van der Waals surface area contributed by atoms with Gasteiger partial charge in [0.05, 0.1) is 0 Å². The number of rotatable bonds is 3. The lowest BCUT2D eigenvalue weighted by Gasteiger charge is -2.25. The highest BCUT2D eigenvalue weighted by Gasteiger charge is 2.34. The van der Waals surface area contributed by atoms with Gasteiger partial charge in [0.1, 0.15) is 12.2 Å². The maximum atomic E-state index is 13.2. The number of carboxylic acids is 1. The lowest BCUT2D eigenvalue weighted by atomic mass is 10.0. The summed E-state index contributed by atoms with van der Waals surface area (Å²) >= 11 is 0. The molecular formula is C13H16FNO2. The molecule has 1 heterocycles. The van der Waals surface area contributed by atoms with Crippen molar-refractivity contribution in [2.45, 2.75) is 25.1 Å². The van der Waals surface area contributed by atoms with Crippen molar-refractivity contribution in [3.8, 4) is 0 Å². The number of allylic oxidation sites excluding steroid dienone is 5. The molecule has 1 aliphatic heterocycles. The molecule has 0 saturated carbocycles. The number of hydrogen-bond acceptors (Lipinski definition) is 2. The van der Waals surface area contributed by atoms with Crippen LogP contribution in [0.3, 0.4) is 0 Å². The minimum atomic E-state index is -0.894. The van der Waals surface area contributed by atoms with Crippen LogP contribution in [0.5, 0.6) is 0 Å². The molecular weight excluding hydrogens is 221 g/mol.